The predicted octanol–water partition coefficient (Wildman–Crippen LogP) is 6.45. The lowest BCUT2D eigenvalue weighted by Gasteiger charge is -2.41. The zero-order valence-corrected chi connectivity index (χ0v) is 18.3. The van der Waals surface area contributed by atoms with Crippen LogP contribution in [0.3, 0.4) is 0 Å². The fourth-order valence-corrected chi connectivity index (χ4v) is 4.27. The number of aromatic carboxylic acids is 1. The number of anilines is 2. The summed E-state index contributed by atoms with van der Waals surface area (Å²) in [6, 6.07) is 21.1. The van der Waals surface area contributed by atoms with E-state index >= 15 is 0 Å². The molecule has 6 heteroatoms. The number of benzene rings is 3. The molecule has 0 unspecified atom stereocenters. The molecule has 0 radical (unpaired) electrons. The summed E-state index contributed by atoms with van der Waals surface area (Å²) in [5.74, 6) is -0.927. The molecule has 1 N–H and O–H groups in total. The molecule has 0 aliphatic carbocycles. The van der Waals surface area contributed by atoms with Gasteiger partial charge in [0.2, 0.25) is 0 Å². The highest BCUT2D eigenvalue weighted by Gasteiger charge is 2.42. The van der Waals surface area contributed by atoms with Crippen LogP contribution in [0.1, 0.15) is 35.3 Å². The van der Waals surface area contributed by atoms with E-state index in [2.05, 4.69) is 35.8 Å². The van der Waals surface area contributed by atoms with Crippen LogP contribution in [0.2, 0.25) is 10.0 Å². The third kappa shape index (κ3) is 3.73. The molecule has 0 spiro atoms. The molecule has 0 saturated carbocycles. The predicted molar refractivity (Wildman–Crippen MR) is 123 cm³/mol. The van der Waals surface area contributed by atoms with Crippen LogP contribution in [0, 0.1) is 0 Å². The number of fused-ring (bicyclic) bond motifs is 1. The molecule has 154 valence electrons. The van der Waals surface area contributed by atoms with E-state index in [-0.39, 0.29) is 11.2 Å². The lowest BCUT2D eigenvalue weighted by Crippen LogP contribution is -2.51. The Bertz CT molecular complexity index is 1080. The van der Waals surface area contributed by atoms with E-state index in [1.165, 1.54) is 5.56 Å². The van der Waals surface area contributed by atoms with Gasteiger partial charge in [-0.3, -0.25) is 0 Å². The quantitative estimate of drug-likeness (QED) is 0.494. The van der Waals surface area contributed by atoms with Gasteiger partial charge in [-0.15, -0.1) is 0 Å². The summed E-state index contributed by atoms with van der Waals surface area (Å²) in [5.41, 5.74) is 4.19. The first-order valence-electron chi connectivity index (χ1n) is 9.68. The normalized spacial score (nSPS) is 14.7. The standard InChI is InChI=1S/C24H22Cl2N2O2/c1-24(2)27(14-16-6-4-3-5-7-16)21-12-19(25)20(26)13-22(21)28(24)15-17-8-10-18(11-9-17)23(29)30/h3-13H,14-15H2,1-2H3,(H,29,30). The SMILES string of the molecule is CC1(C)N(Cc2ccccc2)c2cc(Cl)c(Cl)cc2N1Cc1ccc(C(=O)O)cc1. The highest BCUT2D eigenvalue weighted by atomic mass is 35.5. The molecule has 4 rings (SSSR count). The zero-order valence-electron chi connectivity index (χ0n) is 16.8. The van der Waals surface area contributed by atoms with Crippen molar-refractivity contribution >= 4 is 40.5 Å². The van der Waals surface area contributed by atoms with E-state index in [1.54, 1.807) is 12.1 Å². The van der Waals surface area contributed by atoms with Crippen LogP contribution in [0.5, 0.6) is 0 Å². The van der Waals surface area contributed by atoms with Gasteiger partial charge >= 0.3 is 5.97 Å². The zero-order chi connectivity index (χ0) is 21.5. The van der Waals surface area contributed by atoms with Crippen LogP contribution in [0.25, 0.3) is 0 Å². The molecule has 1 aliphatic heterocycles. The molecule has 30 heavy (non-hydrogen) atoms. The van der Waals surface area contributed by atoms with Crippen molar-refractivity contribution in [2.24, 2.45) is 0 Å². The Balaban J connectivity index is 1.73. The second kappa shape index (κ2) is 7.86. The number of halogens is 2. The molecule has 0 atom stereocenters. The van der Waals surface area contributed by atoms with Crippen molar-refractivity contribution in [1.29, 1.82) is 0 Å². The number of carbonyl (C=O) groups is 1. The largest absolute Gasteiger partial charge is 0.478 e. The third-order valence-electron chi connectivity index (χ3n) is 5.65. The molecule has 0 saturated heterocycles. The van der Waals surface area contributed by atoms with Crippen LogP contribution >= 0.6 is 23.2 Å². The van der Waals surface area contributed by atoms with Crippen molar-refractivity contribution in [3.05, 3.63) is 93.5 Å². The summed E-state index contributed by atoms with van der Waals surface area (Å²) in [5, 5.41) is 10.2. The number of rotatable bonds is 5. The molecule has 1 aliphatic rings. The Morgan fingerprint density at radius 2 is 1.30 bits per heavy atom. The number of carboxylic acids is 1. The molecular formula is C24H22Cl2N2O2. The van der Waals surface area contributed by atoms with Crippen molar-refractivity contribution < 1.29 is 9.90 Å². The summed E-state index contributed by atoms with van der Waals surface area (Å²) in [7, 11) is 0. The van der Waals surface area contributed by atoms with Crippen LogP contribution in [-0.4, -0.2) is 16.7 Å². The number of hydrogen-bond acceptors (Lipinski definition) is 3. The Kier molecular flexibility index (Phi) is 5.39. The molecule has 0 fully saturated rings. The first-order chi connectivity index (χ1) is 14.3. The fourth-order valence-electron chi connectivity index (χ4n) is 3.95. The molecule has 4 nitrogen and oxygen atoms in total. The summed E-state index contributed by atoms with van der Waals surface area (Å²) >= 11 is 12.8. The molecule has 3 aromatic rings. The Morgan fingerprint density at radius 1 is 0.833 bits per heavy atom. The van der Waals surface area contributed by atoms with Crippen LogP contribution in [0.4, 0.5) is 11.4 Å². The van der Waals surface area contributed by atoms with E-state index in [9.17, 15) is 4.79 Å². The third-order valence-corrected chi connectivity index (χ3v) is 6.37. The number of nitrogens with zero attached hydrogens (tertiary/aromatic N) is 2. The Hall–Kier alpha value is -2.69. The average molecular weight is 441 g/mol. The summed E-state index contributed by atoms with van der Waals surface area (Å²) < 4.78 is 0. The van der Waals surface area contributed by atoms with Gasteiger partial charge in [0.15, 0.2) is 0 Å². The minimum absolute atomic E-state index is 0.278. The maximum absolute atomic E-state index is 11.2. The van der Waals surface area contributed by atoms with Gasteiger partial charge in [0.05, 0.1) is 27.0 Å². The monoisotopic (exact) mass is 440 g/mol. The van der Waals surface area contributed by atoms with E-state index in [0.717, 1.165) is 23.5 Å². The smallest absolute Gasteiger partial charge is 0.335 e. The van der Waals surface area contributed by atoms with Gasteiger partial charge in [0, 0.05) is 13.1 Å². The van der Waals surface area contributed by atoms with Crippen LogP contribution < -0.4 is 9.80 Å². The summed E-state index contributed by atoms with van der Waals surface area (Å²) in [6.45, 7) is 5.68. The minimum Gasteiger partial charge on any atom is -0.478 e. The van der Waals surface area contributed by atoms with Crippen LogP contribution in [0.15, 0.2) is 66.7 Å². The molecular weight excluding hydrogens is 419 g/mol. The van der Waals surface area contributed by atoms with Crippen molar-refractivity contribution in [1.82, 2.24) is 0 Å². The molecule has 1 heterocycles. The topological polar surface area (TPSA) is 43.8 Å². The summed E-state index contributed by atoms with van der Waals surface area (Å²) in [6.07, 6.45) is 0. The van der Waals surface area contributed by atoms with E-state index < -0.39 is 5.97 Å². The minimum atomic E-state index is -0.927. The molecule has 0 bridgehead atoms. The van der Waals surface area contributed by atoms with Crippen LogP contribution in [-0.2, 0) is 13.1 Å². The van der Waals surface area contributed by atoms with Gasteiger partial charge < -0.3 is 14.9 Å². The molecule has 3 aromatic carbocycles. The second-order valence-corrected chi connectivity index (χ2v) is 8.72. The van der Waals surface area contributed by atoms with Crippen molar-refractivity contribution in [2.45, 2.75) is 32.6 Å². The van der Waals surface area contributed by atoms with E-state index in [0.29, 0.717) is 16.6 Å². The second-order valence-electron chi connectivity index (χ2n) is 7.91. The maximum Gasteiger partial charge on any atom is 0.335 e. The van der Waals surface area contributed by atoms with Gasteiger partial charge in [0.1, 0.15) is 5.66 Å². The molecule has 0 aromatic heterocycles. The van der Waals surface area contributed by atoms with E-state index in [4.69, 9.17) is 28.3 Å². The van der Waals surface area contributed by atoms with Crippen molar-refractivity contribution in [3.8, 4) is 0 Å². The molecule has 0 amide bonds. The number of hydrogen-bond donors (Lipinski definition) is 1. The first-order valence-corrected chi connectivity index (χ1v) is 10.4. The lowest BCUT2D eigenvalue weighted by molar-refractivity contribution is 0.0697. The van der Waals surface area contributed by atoms with Crippen molar-refractivity contribution in [3.63, 3.8) is 0 Å². The highest BCUT2D eigenvalue weighted by molar-refractivity contribution is 6.42. The Morgan fingerprint density at radius 3 is 1.77 bits per heavy atom. The van der Waals surface area contributed by atoms with E-state index in [1.807, 2.05) is 42.5 Å². The first kappa shape index (κ1) is 20.6. The van der Waals surface area contributed by atoms with Crippen molar-refractivity contribution in [2.75, 3.05) is 9.80 Å². The van der Waals surface area contributed by atoms with Gasteiger partial charge in [-0.1, -0.05) is 65.7 Å². The fraction of sp³-hybridized carbons (Fsp3) is 0.208. The van der Waals surface area contributed by atoms with Gasteiger partial charge in [-0.2, -0.15) is 0 Å². The van der Waals surface area contributed by atoms with Gasteiger partial charge in [-0.25, -0.2) is 4.79 Å². The highest BCUT2D eigenvalue weighted by Crippen LogP contribution is 2.49. The average Bonchev–Trinajstić information content (AvgIpc) is 2.91. The summed E-state index contributed by atoms with van der Waals surface area (Å²) in [4.78, 5) is 15.8. The maximum atomic E-state index is 11.2. The number of carboxylic acid groups (broad SMARTS) is 1. The van der Waals surface area contributed by atoms with Gasteiger partial charge in [-0.05, 0) is 49.2 Å². The van der Waals surface area contributed by atoms with Gasteiger partial charge in [0.25, 0.3) is 0 Å². The lowest BCUT2D eigenvalue weighted by atomic mass is 10.1. The Labute approximate surface area is 186 Å².